The molecule has 1 N–H and O–H groups in total. The highest BCUT2D eigenvalue weighted by molar-refractivity contribution is 5.68. The fourth-order valence-electron chi connectivity index (χ4n) is 6.17. The second kappa shape index (κ2) is 13.0. The van der Waals surface area contributed by atoms with Crippen molar-refractivity contribution < 1.29 is 28.8 Å². The monoisotopic (exact) mass is 563 g/mol. The third kappa shape index (κ3) is 6.73. The van der Waals surface area contributed by atoms with Crippen molar-refractivity contribution in [2.45, 2.75) is 69.3 Å². The van der Waals surface area contributed by atoms with Gasteiger partial charge in [0, 0.05) is 70.0 Å². The van der Waals surface area contributed by atoms with Crippen LogP contribution in [-0.4, -0.2) is 59.9 Å². The first-order valence-corrected chi connectivity index (χ1v) is 14.6. The fraction of sp³-hybridized carbons (Fsp3) is 0.531. The number of aliphatic carboxylic acids is 1. The number of benzene rings is 1. The first-order chi connectivity index (χ1) is 19.9. The Hall–Kier alpha value is -3.43. The molecule has 41 heavy (non-hydrogen) atoms. The second-order valence-corrected chi connectivity index (χ2v) is 11.1. The van der Waals surface area contributed by atoms with E-state index in [1.807, 2.05) is 31.3 Å². The summed E-state index contributed by atoms with van der Waals surface area (Å²) in [5, 5.41) is 14.5. The van der Waals surface area contributed by atoms with Crippen molar-refractivity contribution in [1.82, 2.24) is 14.8 Å². The molecule has 5 rings (SSSR count). The van der Waals surface area contributed by atoms with Gasteiger partial charge in [-0.1, -0.05) is 12.1 Å². The molecule has 0 radical (unpaired) electrons. The second-order valence-electron chi connectivity index (χ2n) is 11.1. The maximum Gasteiger partial charge on any atom is 0.303 e. The number of rotatable bonds is 12. The van der Waals surface area contributed by atoms with Crippen LogP contribution in [0.5, 0.6) is 11.6 Å². The lowest BCUT2D eigenvalue weighted by atomic mass is 9.82. The van der Waals surface area contributed by atoms with Gasteiger partial charge in [-0.05, 0) is 67.0 Å². The number of aromatic nitrogens is 3. The molecule has 9 nitrogen and oxygen atoms in total. The quantitative estimate of drug-likeness (QED) is 0.336. The summed E-state index contributed by atoms with van der Waals surface area (Å²) < 4.78 is 25.1. The van der Waals surface area contributed by atoms with Gasteiger partial charge >= 0.3 is 5.97 Å². The van der Waals surface area contributed by atoms with E-state index in [1.54, 1.807) is 18.9 Å². The topological polar surface area (TPSA) is 105 Å². The van der Waals surface area contributed by atoms with Crippen LogP contribution in [0.15, 0.2) is 36.4 Å². The summed E-state index contributed by atoms with van der Waals surface area (Å²) in [5.41, 5.74) is 5.79. The summed E-state index contributed by atoms with van der Waals surface area (Å²) in [4.78, 5) is 16.8. The third-order valence-corrected chi connectivity index (χ3v) is 8.49. The van der Waals surface area contributed by atoms with Gasteiger partial charge in [-0.3, -0.25) is 9.78 Å². The molecule has 1 aliphatic heterocycles. The predicted molar refractivity (Wildman–Crippen MR) is 154 cm³/mol. The Morgan fingerprint density at radius 2 is 1.90 bits per heavy atom. The van der Waals surface area contributed by atoms with E-state index in [-0.39, 0.29) is 12.3 Å². The molecule has 2 aliphatic rings. The molecule has 1 saturated heterocycles. The molecule has 0 spiro atoms. The van der Waals surface area contributed by atoms with Crippen LogP contribution < -0.4 is 9.47 Å². The Bertz CT molecular complexity index is 1350. The SMILES string of the molecule is COc1ccc(C2(OC)CCOCC2)cc1C(CC(=O)O)Cc1cc(OCCc2ccc3c(n2)CCCC3)n(C)n1. The van der Waals surface area contributed by atoms with Crippen LogP contribution in [0, 0.1) is 0 Å². The first kappa shape index (κ1) is 29.1. The average molecular weight is 564 g/mol. The van der Waals surface area contributed by atoms with Gasteiger partial charge in [0.1, 0.15) is 5.75 Å². The van der Waals surface area contributed by atoms with E-state index in [0.717, 1.165) is 48.2 Å². The maximum absolute atomic E-state index is 12.0. The summed E-state index contributed by atoms with van der Waals surface area (Å²) in [6.07, 6.45) is 7.19. The molecule has 3 aromatic rings. The van der Waals surface area contributed by atoms with Crippen LogP contribution in [0.2, 0.25) is 0 Å². The Balaban J connectivity index is 1.32. The van der Waals surface area contributed by atoms with E-state index in [4.69, 9.17) is 23.9 Å². The Kier molecular flexibility index (Phi) is 9.25. The van der Waals surface area contributed by atoms with Gasteiger partial charge in [-0.15, -0.1) is 0 Å². The zero-order valence-corrected chi connectivity index (χ0v) is 24.4. The molecule has 1 aromatic carbocycles. The van der Waals surface area contributed by atoms with Crippen molar-refractivity contribution in [2.24, 2.45) is 7.05 Å². The number of methoxy groups -OCH3 is 2. The molecule has 9 heteroatoms. The van der Waals surface area contributed by atoms with Crippen molar-refractivity contribution in [3.8, 4) is 11.6 Å². The summed E-state index contributed by atoms with van der Waals surface area (Å²) in [6.45, 7) is 1.72. The lowest BCUT2D eigenvalue weighted by Crippen LogP contribution is -2.35. The maximum atomic E-state index is 12.0. The molecule has 220 valence electrons. The summed E-state index contributed by atoms with van der Waals surface area (Å²) in [5.74, 6) is 0.0788. The van der Waals surface area contributed by atoms with Crippen molar-refractivity contribution in [2.75, 3.05) is 34.0 Å². The van der Waals surface area contributed by atoms with Crippen LogP contribution in [0.3, 0.4) is 0 Å². The third-order valence-electron chi connectivity index (χ3n) is 8.49. The van der Waals surface area contributed by atoms with Gasteiger partial charge in [-0.2, -0.15) is 5.10 Å². The van der Waals surface area contributed by atoms with Gasteiger partial charge in [-0.25, -0.2) is 4.68 Å². The molecule has 1 fully saturated rings. The number of nitrogens with zero attached hydrogens (tertiary/aromatic N) is 3. The number of aryl methyl sites for hydroxylation is 3. The highest BCUT2D eigenvalue weighted by Crippen LogP contribution is 2.40. The van der Waals surface area contributed by atoms with Gasteiger partial charge in [0.25, 0.3) is 0 Å². The lowest BCUT2D eigenvalue weighted by molar-refractivity contribution is -0.137. The van der Waals surface area contributed by atoms with Crippen molar-refractivity contribution >= 4 is 5.97 Å². The highest BCUT2D eigenvalue weighted by atomic mass is 16.5. The molecule has 1 unspecified atom stereocenters. The van der Waals surface area contributed by atoms with E-state index < -0.39 is 11.6 Å². The summed E-state index contributed by atoms with van der Waals surface area (Å²) in [7, 11) is 5.18. The average Bonchev–Trinajstić information content (AvgIpc) is 3.34. The molecule has 2 aromatic heterocycles. The van der Waals surface area contributed by atoms with E-state index in [9.17, 15) is 9.90 Å². The Morgan fingerprint density at radius 1 is 1.10 bits per heavy atom. The number of carboxylic acids is 1. The number of fused-ring (bicyclic) bond motifs is 1. The van der Waals surface area contributed by atoms with Crippen LogP contribution in [0.1, 0.15) is 71.8 Å². The molecular weight excluding hydrogens is 522 g/mol. The summed E-state index contributed by atoms with van der Waals surface area (Å²) in [6, 6.07) is 12.2. The van der Waals surface area contributed by atoms with Crippen molar-refractivity contribution in [3.63, 3.8) is 0 Å². The molecule has 0 bridgehead atoms. The molecule has 1 atom stereocenters. The number of carbonyl (C=O) groups is 1. The number of pyridine rings is 1. The normalized spacial score (nSPS) is 17.0. The van der Waals surface area contributed by atoms with Crippen LogP contribution >= 0.6 is 0 Å². The number of hydrogen-bond donors (Lipinski definition) is 1. The first-order valence-electron chi connectivity index (χ1n) is 14.6. The minimum absolute atomic E-state index is 0.0559. The van der Waals surface area contributed by atoms with Crippen molar-refractivity contribution in [3.05, 3.63) is 70.2 Å². The van der Waals surface area contributed by atoms with Gasteiger partial charge < -0.3 is 24.1 Å². The van der Waals surface area contributed by atoms with Gasteiger partial charge in [0.05, 0.1) is 31.4 Å². The molecular formula is C32H41N3O6. The number of carboxylic acid groups (broad SMARTS) is 1. The Morgan fingerprint density at radius 3 is 2.66 bits per heavy atom. The smallest absolute Gasteiger partial charge is 0.303 e. The fourth-order valence-corrected chi connectivity index (χ4v) is 6.17. The lowest BCUT2D eigenvalue weighted by Gasteiger charge is -2.37. The predicted octanol–water partition coefficient (Wildman–Crippen LogP) is 4.78. The van der Waals surface area contributed by atoms with Crippen molar-refractivity contribution in [1.29, 1.82) is 0 Å². The Labute approximate surface area is 241 Å². The minimum Gasteiger partial charge on any atom is -0.496 e. The van der Waals surface area contributed by atoms with Crippen LogP contribution in [0.25, 0.3) is 0 Å². The van der Waals surface area contributed by atoms with E-state index in [2.05, 4.69) is 17.2 Å². The summed E-state index contributed by atoms with van der Waals surface area (Å²) >= 11 is 0. The molecule has 3 heterocycles. The van der Waals surface area contributed by atoms with E-state index in [0.29, 0.717) is 44.3 Å². The number of hydrogen-bond acceptors (Lipinski definition) is 7. The van der Waals surface area contributed by atoms with Crippen LogP contribution in [0.4, 0.5) is 0 Å². The van der Waals surface area contributed by atoms with E-state index >= 15 is 0 Å². The van der Waals surface area contributed by atoms with Gasteiger partial charge in [0.2, 0.25) is 5.88 Å². The zero-order valence-electron chi connectivity index (χ0n) is 24.4. The molecule has 0 amide bonds. The largest absolute Gasteiger partial charge is 0.496 e. The van der Waals surface area contributed by atoms with E-state index in [1.165, 1.54) is 24.1 Å². The van der Waals surface area contributed by atoms with Gasteiger partial charge in [0.15, 0.2) is 0 Å². The van der Waals surface area contributed by atoms with Crippen LogP contribution in [-0.2, 0) is 52.6 Å². The minimum atomic E-state index is -0.875. The standard InChI is InChI=1S/C32H41N3O6/c1-35-30(41-15-12-25-10-8-22-6-4-5-7-28(22)33-25)21-26(34-35)18-23(19-31(36)37)27-20-24(9-11-29(27)38-2)32(39-3)13-16-40-17-14-32/h8-11,20-21,23H,4-7,12-19H2,1-3H3,(H,36,37). The number of ether oxygens (including phenoxy) is 4. The zero-order chi connectivity index (χ0) is 28.8. The molecule has 0 saturated carbocycles. The molecule has 1 aliphatic carbocycles. The highest BCUT2D eigenvalue weighted by Gasteiger charge is 2.35.